The highest BCUT2D eigenvalue weighted by atomic mass is 16.2. The zero-order valence-electron chi connectivity index (χ0n) is 15.1. The first-order valence-electron chi connectivity index (χ1n) is 9.19. The number of rotatable bonds is 5. The summed E-state index contributed by atoms with van der Waals surface area (Å²) in [5, 5.41) is 2.95. The molecule has 1 aliphatic rings. The molecule has 3 rings (SSSR count). The number of aromatic nitrogens is 2. The number of benzene rings is 1. The molecule has 0 unspecified atom stereocenters. The number of nitrogens with zero attached hydrogens (tertiary/aromatic N) is 2. The van der Waals surface area contributed by atoms with E-state index in [-0.39, 0.29) is 18.5 Å². The number of aryl methyl sites for hydroxylation is 1. The van der Waals surface area contributed by atoms with Crippen LogP contribution < -0.4 is 16.6 Å². The molecule has 1 aliphatic carbocycles. The molecule has 2 aromatic rings. The fourth-order valence-corrected chi connectivity index (χ4v) is 3.46. The third-order valence-electron chi connectivity index (χ3n) is 5.01. The van der Waals surface area contributed by atoms with Gasteiger partial charge >= 0.3 is 5.69 Å². The number of carbonyl (C=O) groups is 1. The quantitative estimate of drug-likeness (QED) is 0.889. The molecule has 0 atom stereocenters. The normalized spacial score (nSPS) is 15.0. The minimum atomic E-state index is -0.459. The molecular formula is C20H25N3O3. The largest absolute Gasteiger partial charge is 0.352 e. The Bertz CT molecular complexity index is 892. The van der Waals surface area contributed by atoms with E-state index in [9.17, 15) is 14.4 Å². The highest BCUT2D eigenvalue weighted by Gasteiger charge is 2.17. The van der Waals surface area contributed by atoms with Gasteiger partial charge < -0.3 is 5.32 Å². The van der Waals surface area contributed by atoms with Crippen molar-refractivity contribution in [3.8, 4) is 0 Å². The molecule has 1 fully saturated rings. The number of amides is 1. The van der Waals surface area contributed by atoms with E-state index >= 15 is 0 Å². The van der Waals surface area contributed by atoms with Crippen LogP contribution in [0.4, 0.5) is 0 Å². The number of hydrogen-bond donors (Lipinski definition) is 1. The SMILES string of the molecule is Cc1ccccc1Cn1ccc(=O)n(CC(=O)NC2CCCCC2)c1=O. The first-order chi connectivity index (χ1) is 12.5. The van der Waals surface area contributed by atoms with E-state index in [0.29, 0.717) is 6.54 Å². The highest BCUT2D eigenvalue weighted by Crippen LogP contribution is 2.17. The van der Waals surface area contributed by atoms with E-state index in [2.05, 4.69) is 5.32 Å². The Labute approximate surface area is 152 Å². The second-order valence-corrected chi connectivity index (χ2v) is 6.98. The van der Waals surface area contributed by atoms with E-state index in [1.54, 1.807) is 0 Å². The van der Waals surface area contributed by atoms with Gasteiger partial charge in [0.1, 0.15) is 6.54 Å². The van der Waals surface area contributed by atoms with E-state index in [1.807, 2.05) is 31.2 Å². The summed E-state index contributed by atoms with van der Waals surface area (Å²) in [4.78, 5) is 37.1. The molecule has 138 valence electrons. The molecule has 1 aromatic heterocycles. The number of hydrogen-bond acceptors (Lipinski definition) is 3. The van der Waals surface area contributed by atoms with Crippen LogP contribution in [0.15, 0.2) is 46.1 Å². The second kappa shape index (κ2) is 8.17. The van der Waals surface area contributed by atoms with E-state index in [1.165, 1.54) is 23.3 Å². The lowest BCUT2D eigenvalue weighted by Gasteiger charge is -2.22. The summed E-state index contributed by atoms with van der Waals surface area (Å²) in [5.41, 5.74) is 1.17. The van der Waals surface area contributed by atoms with Crippen LogP contribution in [-0.2, 0) is 17.9 Å². The molecule has 1 N–H and O–H groups in total. The molecule has 0 bridgehead atoms. The fourth-order valence-electron chi connectivity index (χ4n) is 3.46. The van der Waals surface area contributed by atoms with Crippen LogP contribution in [0.5, 0.6) is 0 Å². The van der Waals surface area contributed by atoms with E-state index in [4.69, 9.17) is 0 Å². The van der Waals surface area contributed by atoms with Crippen molar-refractivity contribution in [1.29, 1.82) is 0 Å². The van der Waals surface area contributed by atoms with Crippen LogP contribution in [0, 0.1) is 6.92 Å². The van der Waals surface area contributed by atoms with E-state index < -0.39 is 11.2 Å². The van der Waals surface area contributed by atoms with E-state index in [0.717, 1.165) is 41.4 Å². The van der Waals surface area contributed by atoms with Crippen LogP contribution in [0.25, 0.3) is 0 Å². The van der Waals surface area contributed by atoms with Crippen molar-refractivity contribution >= 4 is 5.91 Å². The Morgan fingerprint density at radius 3 is 2.58 bits per heavy atom. The summed E-state index contributed by atoms with van der Waals surface area (Å²) in [7, 11) is 0. The van der Waals surface area contributed by atoms with Gasteiger partial charge in [0, 0.05) is 18.3 Å². The minimum Gasteiger partial charge on any atom is -0.352 e. The van der Waals surface area contributed by atoms with Gasteiger partial charge in [-0.2, -0.15) is 0 Å². The molecule has 0 aliphatic heterocycles. The molecular weight excluding hydrogens is 330 g/mol. The standard InChI is InChI=1S/C20H25N3O3/c1-15-7-5-6-8-16(15)13-22-12-11-19(25)23(20(22)26)14-18(24)21-17-9-3-2-4-10-17/h5-8,11-12,17H,2-4,9-10,13-14H2,1H3,(H,21,24). The molecule has 1 heterocycles. The molecule has 1 aromatic carbocycles. The lowest BCUT2D eigenvalue weighted by atomic mass is 9.95. The predicted octanol–water partition coefficient (Wildman–Crippen LogP) is 1.82. The van der Waals surface area contributed by atoms with Crippen molar-refractivity contribution in [2.45, 2.75) is 58.2 Å². The first kappa shape index (κ1) is 18.2. The Hall–Kier alpha value is -2.63. The summed E-state index contributed by atoms with van der Waals surface area (Å²) >= 11 is 0. The maximum atomic E-state index is 12.7. The van der Waals surface area contributed by atoms with Crippen molar-refractivity contribution < 1.29 is 4.79 Å². The van der Waals surface area contributed by atoms with Gasteiger partial charge in [-0.15, -0.1) is 0 Å². The smallest absolute Gasteiger partial charge is 0.331 e. The summed E-state index contributed by atoms with van der Waals surface area (Å²) in [6, 6.07) is 9.29. The fraction of sp³-hybridized carbons (Fsp3) is 0.450. The Morgan fingerprint density at radius 2 is 1.85 bits per heavy atom. The van der Waals surface area contributed by atoms with Crippen molar-refractivity contribution in [1.82, 2.24) is 14.5 Å². The maximum Gasteiger partial charge on any atom is 0.331 e. The average molecular weight is 355 g/mol. The highest BCUT2D eigenvalue weighted by molar-refractivity contribution is 5.76. The molecule has 26 heavy (non-hydrogen) atoms. The second-order valence-electron chi connectivity index (χ2n) is 6.98. The number of carbonyl (C=O) groups excluding carboxylic acids is 1. The molecule has 1 amide bonds. The minimum absolute atomic E-state index is 0.157. The van der Waals surface area contributed by atoms with Crippen LogP contribution in [0.1, 0.15) is 43.2 Å². The van der Waals surface area contributed by atoms with Gasteiger partial charge in [0.2, 0.25) is 5.91 Å². The third-order valence-corrected chi connectivity index (χ3v) is 5.01. The van der Waals surface area contributed by atoms with Crippen LogP contribution in [0.3, 0.4) is 0 Å². The van der Waals surface area contributed by atoms with Crippen LogP contribution in [-0.4, -0.2) is 21.1 Å². The van der Waals surface area contributed by atoms with Gasteiger partial charge in [0.15, 0.2) is 0 Å². The lowest BCUT2D eigenvalue weighted by Crippen LogP contribution is -2.45. The molecule has 0 spiro atoms. The Balaban J connectivity index is 1.77. The van der Waals surface area contributed by atoms with Gasteiger partial charge in [-0.25, -0.2) is 4.79 Å². The summed E-state index contributed by atoms with van der Waals surface area (Å²) in [6.07, 6.45) is 6.85. The lowest BCUT2D eigenvalue weighted by molar-refractivity contribution is -0.122. The van der Waals surface area contributed by atoms with Gasteiger partial charge in [0.25, 0.3) is 5.56 Å². The molecule has 0 saturated heterocycles. The summed E-state index contributed by atoms with van der Waals surface area (Å²) in [6.45, 7) is 2.12. The molecule has 6 nitrogen and oxygen atoms in total. The molecule has 1 saturated carbocycles. The van der Waals surface area contributed by atoms with Gasteiger partial charge in [-0.1, -0.05) is 43.5 Å². The average Bonchev–Trinajstić information content (AvgIpc) is 2.63. The van der Waals surface area contributed by atoms with Crippen LogP contribution in [0.2, 0.25) is 0 Å². The summed E-state index contributed by atoms with van der Waals surface area (Å²) < 4.78 is 2.48. The molecule has 0 radical (unpaired) electrons. The predicted molar refractivity (Wildman–Crippen MR) is 100 cm³/mol. The van der Waals surface area contributed by atoms with Crippen LogP contribution >= 0.6 is 0 Å². The zero-order valence-corrected chi connectivity index (χ0v) is 15.1. The van der Waals surface area contributed by atoms with Crippen molar-refractivity contribution in [3.05, 3.63) is 68.5 Å². The Kier molecular flexibility index (Phi) is 5.71. The maximum absolute atomic E-state index is 12.7. The topological polar surface area (TPSA) is 73.1 Å². The van der Waals surface area contributed by atoms with Gasteiger partial charge in [-0.05, 0) is 30.9 Å². The summed E-state index contributed by atoms with van der Waals surface area (Å²) in [5.74, 6) is -0.273. The number of nitrogens with one attached hydrogen (secondary N) is 1. The van der Waals surface area contributed by atoms with Crippen molar-refractivity contribution in [2.75, 3.05) is 0 Å². The first-order valence-corrected chi connectivity index (χ1v) is 9.19. The van der Waals surface area contributed by atoms with Crippen molar-refractivity contribution in [3.63, 3.8) is 0 Å². The van der Waals surface area contributed by atoms with Crippen molar-refractivity contribution in [2.24, 2.45) is 0 Å². The van der Waals surface area contributed by atoms with Gasteiger partial charge in [-0.3, -0.25) is 18.7 Å². The monoisotopic (exact) mass is 355 g/mol. The third kappa shape index (κ3) is 4.31. The Morgan fingerprint density at radius 1 is 1.12 bits per heavy atom. The molecule has 6 heteroatoms. The van der Waals surface area contributed by atoms with Gasteiger partial charge in [0.05, 0.1) is 6.54 Å². The zero-order chi connectivity index (χ0) is 18.5.